The average molecular weight is 244 g/mol. The number of benzene rings is 1. The molecule has 0 radical (unpaired) electrons. The molecule has 2 N–H and O–H groups in total. The van der Waals surface area contributed by atoms with Gasteiger partial charge in [0.2, 0.25) is 0 Å². The molecule has 1 heterocycles. The highest BCUT2D eigenvalue weighted by Crippen LogP contribution is 2.28. The van der Waals surface area contributed by atoms with E-state index in [-0.39, 0.29) is 0 Å². The van der Waals surface area contributed by atoms with E-state index in [1.165, 1.54) is 16.7 Å². The predicted octanol–water partition coefficient (Wildman–Crippen LogP) is 2.60. The Kier molecular flexibility index (Phi) is 3.48. The summed E-state index contributed by atoms with van der Waals surface area (Å²) >= 11 is 0. The Labute approximate surface area is 108 Å². The second kappa shape index (κ2) is 4.90. The fraction of sp³-hybridized carbons (Fsp3) is 0.429. The molecule has 0 aliphatic heterocycles. The van der Waals surface area contributed by atoms with Gasteiger partial charge in [-0.1, -0.05) is 18.2 Å². The SMILES string of the molecule is Cc1cccc(C)c1-c1nnc(CN)n1C(C)C. The number of nitrogens with zero attached hydrogens (tertiary/aromatic N) is 3. The summed E-state index contributed by atoms with van der Waals surface area (Å²) in [6, 6.07) is 6.56. The number of aryl methyl sites for hydroxylation is 2. The smallest absolute Gasteiger partial charge is 0.164 e. The minimum atomic E-state index is 0.299. The van der Waals surface area contributed by atoms with Gasteiger partial charge >= 0.3 is 0 Å². The molecule has 0 aliphatic rings. The minimum Gasteiger partial charge on any atom is -0.324 e. The lowest BCUT2D eigenvalue weighted by Crippen LogP contribution is -2.12. The van der Waals surface area contributed by atoms with E-state index < -0.39 is 0 Å². The number of hydrogen-bond acceptors (Lipinski definition) is 3. The van der Waals surface area contributed by atoms with Crippen LogP contribution in [0.15, 0.2) is 18.2 Å². The molecule has 1 aromatic carbocycles. The van der Waals surface area contributed by atoms with Crippen LogP contribution >= 0.6 is 0 Å². The highest BCUT2D eigenvalue weighted by molar-refractivity contribution is 5.64. The van der Waals surface area contributed by atoms with Crippen LogP contribution in [-0.2, 0) is 6.54 Å². The van der Waals surface area contributed by atoms with Crippen molar-refractivity contribution in [2.24, 2.45) is 5.73 Å². The van der Waals surface area contributed by atoms with Crippen LogP contribution in [0.25, 0.3) is 11.4 Å². The average Bonchev–Trinajstić information content (AvgIpc) is 2.72. The van der Waals surface area contributed by atoms with Gasteiger partial charge in [-0.05, 0) is 38.8 Å². The van der Waals surface area contributed by atoms with Crippen LogP contribution in [0.2, 0.25) is 0 Å². The Morgan fingerprint density at radius 3 is 2.28 bits per heavy atom. The maximum Gasteiger partial charge on any atom is 0.164 e. The fourth-order valence-corrected chi connectivity index (χ4v) is 2.34. The standard InChI is InChI=1S/C14H20N4/c1-9(2)18-12(8-15)16-17-14(18)13-10(3)6-5-7-11(13)4/h5-7,9H,8,15H2,1-4H3. The molecule has 0 amide bonds. The summed E-state index contributed by atoms with van der Waals surface area (Å²) in [6.45, 7) is 8.86. The van der Waals surface area contributed by atoms with Crippen LogP contribution in [0, 0.1) is 13.8 Å². The highest BCUT2D eigenvalue weighted by atomic mass is 15.3. The summed E-state index contributed by atoms with van der Waals surface area (Å²) in [7, 11) is 0. The normalized spacial score (nSPS) is 11.2. The number of aromatic nitrogens is 3. The Hall–Kier alpha value is -1.68. The zero-order valence-corrected chi connectivity index (χ0v) is 11.4. The lowest BCUT2D eigenvalue weighted by molar-refractivity contribution is 0.574. The largest absolute Gasteiger partial charge is 0.324 e. The zero-order chi connectivity index (χ0) is 13.3. The van der Waals surface area contributed by atoms with Gasteiger partial charge in [-0.25, -0.2) is 0 Å². The number of hydrogen-bond donors (Lipinski definition) is 1. The molecular weight excluding hydrogens is 224 g/mol. The molecule has 4 nitrogen and oxygen atoms in total. The van der Waals surface area contributed by atoms with Crippen molar-refractivity contribution in [1.29, 1.82) is 0 Å². The van der Waals surface area contributed by atoms with E-state index in [4.69, 9.17) is 5.73 Å². The summed E-state index contributed by atoms with van der Waals surface area (Å²) in [5, 5.41) is 8.54. The van der Waals surface area contributed by atoms with Gasteiger partial charge in [0.15, 0.2) is 5.82 Å². The van der Waals surface area contributed by atoms with Crippen molar-refractivity contribution in [2.45, 2.75) is 40.3 Å². The maximum absolute atomic E-state index is 5.73. The molecule has 0 atom stereocenters. The summed E-state index contributed by atoms with van der Waals surface area (Å²) in [4.78, 5) is 0. The minimum absolute atomic E-state index is 0.299. The lowest BCUT2D eigenvalue weighted by atomic mass is 10.0. The monoisotopic (exact) mass is 244 g/mol. The molecule has 4 heteroatoms. The van der Waals surface area contributed by atoms with E-state index in [1.54, 1.807) is 0 Å². The van der Waals surface area contributed by atoms with Crippen molar-refractivity contribution in [3.8, 4) is 11.4 Å². The molecule has 0 saturated heterocycles. The van der Waals surface area contributed by atoms with Gasteiger partial charge in [-0.2, -0.15) is 0 Å². The third-order valence-corrected chi connectivity index (χ3v) is 3.17. The van der Waals surface area contributed by atoms with Gasteiger partial charge in [0.1, 0.15) is 5.82 Å². The van der Waals surface area contributed by atoms with E-state index in [1.807, 2.05) is 0 Å². The van der Waals surface area contributed by atoms with Crippen LogP contribution in [0.3, 0.4) is 0 Å². The first-order chi connectivity index (χ1) is 8.56. The Morgan fingerprint density at radius 2 is 1.78 bits per heavy atom. The molecular formula is C14H20N4. The Morgan fingerprint density at radius 1 is 1.17 bits per heavy atom. The number of rotatable bonds is 3. The molecule has 0 bridgehead atoms. The van der Waals surface area contributed by atoms with E-state index in [0.29, 0.717) is 12.6 Å². The van der Waals surface area contributed by atoms with Crippen molar-refractivity contribution >= 4 is 0 Å². The highest BCUT2D eigenvalue weighted by Gasteiger charge is 2.17. The molecule has 0 saturated carbocycles. The lowest BCUT2D eigenvalue weighted by Gasteiger charge is -2.15. The third-order valence-electron chi connectivity index (χ3n) is 3.17. The van der Waals surface area contributed by atoms with E-state index in [2.05, 4.69) is 60.7 Å². The first-order valence-corrected chi connectivity index (χ1v) is 6.26. The van der Waals surface area contributed by atoms with Crippen molar-refractivity contribution in [2.75, 3.05) is 0 Å². The van der Waals surface area contributed by atoms with Gasteiger partial charge < -0.3 is 10.3 Å². The third kappa shape index (κ3) is 2.04. The van der Waals surface area contributed by atoms with Crippen molar-refractivity contribution in [3.05, 3.63) is 35.2 Å². The van der Waals surface area contributed by atoms with E-state index in [9.17, 15) is 0 Å². The summed E-state index contributed by atoms with van der Waals surface area (Å²) in [6.07, 6.45) is 0. The van der Waals surface area contributed by atoms with Crippen LogP contribution < -0.4 is 5.73 Å². The van der Waals surface area contributed by atoms with Gasteiger partial charge in [0.25, 0.3) is 0 Å². The molecule has 0 fully saturated rings. The van der Waals surface area contributed by atoms with E-state index in [0.717, 1.165) is 11.6 Å². The quantitative estimate of drug-likeness (QED) is 0.903. The van der Waals surface area contributed by atoms with Crippen LogP contribution in [0.5, 0.6) is 0 Å². The maximum atomic E-state index is 5.73. The molecule has 0 unspecified atom stereocenters. The predicted molar refractivity (Wildman–Crippen MR) is 73.2 cm³/mol. The van der Waals surface area contributed by atoms with Gasteiger partial charge in [-0.15, -0.1) is 10.2 Å². The Bertz CT molecular complexity index is 535. The first kappa shape index (κ1) is 12.8. The van der Waals surface area contributed by atoms with E-state index >= 15 is 0 Å². The van der Waals surface area contributed by atoms with Crippen molar-refractivity contribution in [1.82, 2.24) is 14.8 Å². The Balaban J connectivity index is 2.68. The van der Waals surface area contributed by atoms with Gasteiger partial charge in [0, 0.05) is 11.6 Å². The number of nitrogens with two attached hydrogens (primary N) is 1. The topological polar surface area (TPSA) is 56.7 Å². The van der Waals surface area contributed by atoms with Crippen molar-refractivity contribution in [3.63, 3.8) is 0 Å². The van der Waals surface area contributed by atoms with Crippen LogP contribution in [-0.4, -0.2) is 14.8 Å². The van der Waals surface area contributed by atoms with Crippen molar-refractivity contribution < 1.29 is 0 Å². The molecule has 18 heavy (non-hydrogen) atoms. The molecule has 1 aromatic heterocycles. The molecule has 0 aliphatic carbocycles. The van der Waals surface area contributed by atoms with Gasteiger partial charge in [-0.3, -0.25) is 0 Å². The fourth-order valence-electron chi connectivity index (χ4n) is 2.34. The van der Waals surface area contributed by atoms with Gasteiger partial charge in [0.05, 0.1) is 6.54 Å². The summed E-state index contributed by atoms with van der Waals surface area (Å²) in [5.74, 6) is 1.75. The first-order valence-electron chi connectivity index (χ1n) is 6.26. The molecule has 2 rings (SSSR count). The second-order valence-electron chi connectivity index (χ2n) is 4.87. The molecule has 2 aromatic rings. The molecule has 0 spiro atoms. The van der Waals surface area contributed by atoms with Crippen LogP contribution in [0.4, 0.5) is 0 Å². The van der Waals surface area contributed by atoms with Crippen LogP contribution in [0.1, 0.15) is 36.8 Å². The summed E-state index contributed by atoms with van der Waals surface area (Å²) < 4.78 is 2.12. The second-order valence-corrected chi connectivity index (χ2v) is 4.87. The summed E-state index contributed by atoms with van der Waals surface area (Å²) in [5.41, 5.74) is 9.33. The zero-order valence-electron chi connectivity index (χ0n) is 11.4. The molecule has 96 valence electrons.